The molecule has 11 heavy (non-hydrogen) atoms. The predicted octanol–water partition coefficient (Wildman–Crippen LogP) is 2.98. The van der Waals surface area contributed by atoms with Crippen LogP contribution < -0.4 is 0 Å². The van der Waals surface area contributed by atoms with Gasteiger partial charge in [-0.1, -0.05) is 29.3 Å². The molecule has 0 N–H and O–H groups in total. The summed E-state index contributed by atoms with van der Waals surface area (Å²) in [5.41, 5.74) is 0. The van der Waals surface area contributed by atoms with Gasteiger partial charge in [0.2, 0.25) is 0 Å². The second-order valence-electron chi connectivity index (χ2n) is 3.28. The molecule has 1 rings (SSSR count). The van der Waals surface area contributed by atoms with E-state index in [4.69, 9.17) is 4.74 Å². The first-order valence-electron chi connectivity index (χ1n) is 4.56. The Kier molecular flexibility index (Phi) is 4.46. The molecule has 1 aliphatic heterocycles. The molecule has 1 fully saturated rings. The van der Waals surface area contributed by atoms with Crippen LogP contribution in [0.5, 0.6) is 0 Å². The molecule has 1 aliphatic rings. The fraction of sp³-hybridized carbons (Fsp3) is 1.00. The van der Waals surface area contributed by atoms with Crippen LogP contribution in [0.3, 0.4) is 0 Å². The van der Waals surface area contributed by atoms with E-state index in [1.807, 2.05) is 0 Å². The summed E-state index contributed by atoms with van der Waals surface area (Å²) in [7, 11) is 0. The van der Waals surface area contributed by atoms with E-state index in [0.717, 1.165) is 19.1 Å². The lowest BCUT2D eigenvalue weighted by atomic mass is 9.96. The Bertz CT molecular complexity index is 99.7. The summed E-state index contributed by atoms with van der Waals surface area (Å²) in [4.78, 5) is 0.688. The van der Waals surface area contributed by atoms with Gasteiger partial charge in [0.25, 0.3) is 0 Å². The number of ether oxygens (including phenoxy) is 1. The Labute approximate surface area is 77.6 Å². The number of rotatable bonds is 3. The van der Waals surface area contributed by atoms with Crippen molar-refractivity contribution < 1.29 is 4.74 Å². The van der Waals surface area contributed by atoms with Crippen LogP contribution in [-0.4, -0.2) is 18.0 Å². The molecular formula is C9H17BrO. The second kappa shape index (κ2) is 5.15. The van der Waals surface area contributed by atoms with E-state index in [0.29, 0.717) is 4.83 Å². The normalized spacial score (nSPS) is 28.4. The molecule has 2 atom stereocenters. The Morgan fingerprint density at radius 3 is 3.00 bits per heavy atom. The molecule has 0 aliphatic carbocycles. The van der Waals surface area contributed by atoms with Crippen molar-refractivity contribution in [2.45, 2.75) is 37.4 Å². The highest BCUT2D eigenvalue weighted by molar-refractivity contribution is 9.09. The van der Waals surface area contributed by atoms with Crippen molar-refractivity contribution in [3.8, 4) is 0 Å². The summed E-state index contributed by atoms with van der Waals surface area (Å²) >= 11 is 3.72. The summed E-state index contributed by atoms with van der Waals surface area (Å²) in [5, 5.41) is 0. The molecule has 1 nitrogen and oxygen atoms in total. The highest BCUT2D eigenvalue weighted by Gasteiger charge is 2.20. The summed E-state index contributed by atoms with van der Waals surface area (Å²) < 4.78 is 5.42. The Morgan fingerprint density at radius 1 is 1.64 bits per heavy atom. The summed E-state index contributed by atoms with van der Waals surface area (Å²) in [6.07, 6.45) is 5.15. The van der Waals surface area contributed by atoms with Crippen LogP contribution in [0.1, 0.15) is 32.6 Å². The molecule has 2 unspecified atom stereocenters. The van der Waals surface area contributed by atoms with Crippen LogP contribution in [0.15, 0.2) is 0 Å². The van der Waals surface area contributed by atoms with E-state index in [1.54, 1.807) is 0 Å². The third-order valence-electron chi connectivity index (χ3n) is 2.27. The third-order valence-corrected chi connectivity index (χ3v) is 3.48. The number of hydrogen-bond acceptors (Lipinski definition) is 1. The Balaban J connectivity index is 2.21. The van der Waals surface area contributed by atoms with Crippen molar-refractivity contribution in [3.05, 3.63) is 0 Å². The molecule has 0 radical (unpaired) electrons. The number of hydrogen-bond donors (Lipinski definition) is 0. The van der Waals surface area contributed by atoms with Gasteiger partial charge < -0.3 is 4.74 Å². The maximum Gasteiger partial charge on any atom is 0.0504 e. The smallest absolute Gasteiger partial charge is 0.0504 e. The average molecular weight is 221 g/mol. The minimum atomic E-state index is 0.688. The molecule has 0 bridgehead atoms. The zero-order chi connectivity index (χ0) is 8.10. The van der Waals surface area contributed by atoms with Gasteiger partial charge in [0.15, 0.2) is 0 Å². The molecule has 0 aromatic rings. The van der Waals surface area contributed by atoms with Gasteiger partial charge in [-0.3, -0.25) is 0 Å². The summed E-state index contributed by atoms with van der Waals surface area (Å²) in [6.45, 7) is 4.18. The van der Waals surface area contributed by atoms with Crippen LogP contribution in [0, 0.1) is 5.92 Å². The number of alkyl halides is 1. The van der Waals surface area contributed by atoms with Crippen molar-refractivity contribution in [2.75, 3.05) is 13.2 Å². The van der Waals surface area contributed by atoms with Gasteiger partial charge in [0, 0.05) is 11.4 Å². The standard InChI is InChI=1S/C9H17BrO/c1-2-4-9(10)8-5-3-6-11-7-8/h8-9H,2-7H2,1H3. The molecule has 0 saturated carbocycles. The van der Waals surface area contributed by atoms with Gasteiger partial charge in [-0.2, -0.15) is 0 Å². The van der Waals surface area contributed by atoms with E-state index in [9.17, 15) is 0 Å². The zero-order valence-electron chi connectivity index (χ0n) is 7.18. The molecule has 0 amide bonds. The highest BCUT2D eigenvalue weighted by atomic mass is 79.9. The second-order valence-corrected chi connectivity index (χ2v) is 4.46. The first kappa shape index (κ1) is 9.53. The van der Waals surface area contributed by atoms with Crippen LogP contribution in [0.2, 0.25) is 0 Å². The highest BCUT2D eigenvalue weighted by Crippen LogP contribution is 2.25. The molecule has 2 heteroatoms. The van der Waals surface area contributed by atoms with Crippen LogP contribution >= 0.6 is 15.9 Å². The fourth-order valence-electron chi connectivity index (χ4n) is 1.56. The SMILES string of the molecule is CCCC(Br)C1CCCOC1. The Hall–Kier alpha value is 0.440. The lowest BCUT2D eigenvalue weighted by Gasteiger charge is -2.26. The van der Waals surface area contributed by atoms with Crippen molar-refractivity contribution in [3.63, 3.8) is 0 Å². The predicted molar refractivity (Wildman–Crippen MR) is 51.2 cm³/mol. The molecule has 0 spiro atoms. The van der Waals surface area contributed by atoms with Crippen LogP contribution in [-0.2, 0) is 4.74 Å². The molecule has 1 heterocycles. The minimum absolute atomic E-state index is 0.688. The van der Waals surface area contributed by atoms with E-state index < -0.39 is 0 Å². The fourth-order valence-corrected chi connectivity index (χ4v) is 2.44. The van der Waals surface area contributed by atoms with Crippen molar-refractivity contribution >= 4 is 15.9 Å². The van der Waals surface area contributed by atoms with Gasteiger partial charge in [0.1, 0.15) is 0 Å². The quantitative estimate of drug-likeness (QED) is 0.665. The zero-order valence-corrected chi connectivity index (χ0v) is 8.77. The maximum atomic E-state index is 5.42. The summed E-state index contributed by atoms with van der Waals surface area (Å²) in [6, 6.07) is 0. The Morgan fingerprint density at radius 2 is 2.45 bits per heavy atom. The molecule has 0 aromatic carbocycles. The van der Waals surface area contributed by atoms with Crippen LogP contribution in [0.4, 0.5) is 0 Å². The first-order valence-corrected chi connectivity index (χ1v) is 5.48. The lowest BCUT2D eigenvalue weighted by Crippen LogP contribution is -2.25. The van der Waals surface area contributed by atoms with E-state index >= 15 is 0 Å². The minimum Gasteiger partial charge on any atom is -0.381 e. The molecule has 66 valence electrons. The van der Waals surface area contributed by atoms with E-state index in [2.05, 4.69) is 22.9 Å². The summed E-state index contributed by atoms with van der Waals surface area (Å²) in [5.74, 6) is 0.767. The molecular weight excluding hydrogens is 204 g/mol. The largest absolute Gasteiger partial charge is 0.381 e. The number of halogens is 1. The third kappa shape index (κ3) is 3.12. The van der Waals surface area contributed by atoms with Crippen molar-refractivity contribution in [2.24, 2.45) is 5.92 Å². The monoisotopic (exact) mass is 220 g/mol. The first-order chi connectivity index (χ1) is 5.34. The van der Waals surface area contributed by atoms with Crippen LogP contribution in [0.25, 0.3) is 0 Å². The molecule has 1 saturated heterocycles. The lowest BCUT2D eigenvalue weighted by molar-refractivity contribution is 0.0539. The molecule has 0 aromatic heterocycles. The van der Waals surface area contributed by atoms with Crippen molar-refractivity contribution in [1.82, 2.24) is 0 Å². The van der Waals surface area contributed by atoms with E-state index in [1.165, 1.54) is 25.7 Å². The van der Waals surface area contributed by atoms with Crippen molar-refractivity contribution in [1.29, 1.82) is 0 Å². The van der Waals surface area contributed by atoms with Gasteiger partial charge in [-0.25, -0.2) is 0 Å². The average Bonchev–Trinajstić information content (AvgIpc) is 2.07. The van der Waals surface area contributed by atoms with Gasteiger partial charge in [-0.15, -0.1) is 0 Å². The van der Waals surface area contributed by atoms with Gasteiger partial charge >= 0.3 is 0 Å². The topological polar surface area (TPSA) is 9.23 Å². The maximum absolute atomic E-state index is 5.42. The van der Waals surface area contributed by atoms with Gasteiger partial charge in [0.05, 0.1) is 6.61 Å². The van der Waals surface area contributed by atoms with E-state index in [-0.39, 0.29) is 0 Å². The van der Waals surface area contributed by atoms with Gasteiger partial charge in [-0.05, 0) is 25.2 Å².